The largest absolute Gasteiger partial charge is 0.228 e. The molecule has 0 N–H and O–H groups in total. The van der Waals surface area contributed by atoms with Gasteiger partial charge >= 0.3 is 0 Å². The molecule has 0 spiro atoms. The van der Waals surface area contributed by atoms with Crippen LogP contribution in [0, 0.1) is 11.3 Å². The normalized spacial score (nSPS) is 11.1. The molecule has 0 amide bonds. The molecule has 0 saturated carbocycles. The lowest BCUT2D eigenvalue weighted by Gasteiger charge is -2.17. The minimum Gasteiger partial charge on any atom is -0.228 e. The number of hydrogen-bond acceptors (Lipinski definition) is 5. The molecule has 2 aromatic heterocycles. The van der Waals surface area contributed by atoms with E-state index in [-0.39, 0.29) is 0 Å². The second-order valence-electron chi connectivity index (χ2n) is 14.1. The Kier molecular flexibility index (Phi) is 8.83. The van der Waals surface area contributed by atoms with Crippen molar-refractivity contribution in [2.24, 2.45) is 0 Å². The number of nitrogens with zero attached hydrogens (tertiary/aromatic N) is 5. The molecule has 10 aromatic rings. The van der Waals surface area contributed by atoms with Crippen LogP contribution in [0.2, 0.25) is 0 Å². The highest BCUT2D eigenvalue weighted by Crippen LogP contribution is 2.41. The lowest BCUT2D eigenvalue weighted by Crippen LogP contribution is -1.96. The van der Waals surface area contributed by atoms with E-state index in [0.717, 1.165) is 88.8 Å². The Bertz CT molecular complexity index is 2970. The number of aromatic nitrogens is 4. The topological polar surface area (TPSA) is 75.3 Å². The molecule has 10 rings (SSSR count). The van der Waals surface area contributed by atoms with E-state index in [4.69, 9.17) is 19.9 Å². The number of benzene rings is 8. The predicted molar refractivity (Wildman–Crippen MR) is 235 cm³/mol. The van der Waals surface area contributed by atoms with Gasteiger partial charge in [-0.3, -0.25) is 0 Å². The lowest BCUT2D eigenvalue weighted by molar-refractivity contribution is 1.23. The first kappa shape index (κ1) is 34.4. The number of rotatable bonds is 7. The predicted octanol–water partition coefficient (Wildman–Crippen LogP) is 13.1. The first-order valence-corrected chi connectivity index (χ1v) is 19.2. The number of para-hydroxylation sites is 2. The molecule has 8 aromatic carbocycles. The fourth-order valence-electron chi connectivity index (χ4n) is 7.73. The molecule has 0 unspecified atom stereocenters. The first-order valence-electron chi connectivity index (χ1n) is 19.2. The third-order valence-electron chi connectivity index (χ3n) is 10.6. The van der Waals surface area contributed by atoms with Crippen LogP contribution in [0.4, 0.5) is 0 Å². The van der Waals surface area contributed by atoms with Crippen molar-refractivity contribution in [1.82, 2.24) is 19.9 Å². The van der Waals surface area contributed by atoms with Gasteiger partial charge in [-0.15, -0.1) is 0 Å². The Morgan fingerprint density at radius 2 is 0.741 bits per heavy atom. The van der Waals surface area contributed by atoms with Crippen molar-refractivity contribution >= 4 is 21.8 Å². The van der Waals surface area contributed by atoms with E-state index in [9.17, 15) is 5.26 Å². The van der Waals surface area contributed by atoms with Gasteiger partial charge in [-0.05, 0) is 57.6 Å². The Morgan fingerprint density at radius 1 is 0.328 bits per heavy atom. The van der Waals surface area contributed by atoms with Gasteiger partial charge in [-0.25, -0.2) is 19.9 Å². The van der Waals surface area contributed by atoms with E-state index in [1.54, 1.807) is 0 Å². The van der Waals surface area contributed by atoms with Gasteiger partial charge in [-0.1, -0.05) is 176 Å². The highest BCUT2D eigenvalue weighted by molar-refractivity contribution is 5.97. The van der Waals surface area contributed by atoms with Crippen molar-refractivity contribution in [3.63, 3.8) is 0 Å². The van der Waals surface area contributed by atoms with Crippen molar-refractivity contribution in [2.45, 2.75) is 0 Å². The average Bonchev–Trinajstić information content (AvgIpc) is 3.31. The van der Waals surface area contributed by atoms with Gasteiger partial charge < -0.3 is 0 Å². The van der Waals surface area contributed by atoms with E-state index >= 15 is 0 Å². The summed E-state index contributed by atoms with van der Waals surface area (Å²) < 4.78 is 0. The summed E-state index contributed by atoms with van der Waals surface area (Å²) in [6.45, 7) is 0. The minimum absolute atomic E-state index is 0.606. The molecule has 0 saturated heterocycles. The van der Waals surface area contributed by atoms with Gasteiger partial charge in [0.05, 0.1) is 34.1 Å². The summed E-state index contributed by atoms with van der Waals surface area (Å²) in [5.74, 6) is 1.34. The molecule has 58 heavy (non-hydrogen) atoms. The van der Waals surface area contributed by atoms with Crippen LogP contribution in [0.1, 0.15) is 5.56 Å². The van der Waals surface area contributed by atoms with Crippen LogP contribution in [0.5, 0.6) is 0 Å². The van der Waals surface area contributed by atoms with Crippen LogP contribution in [0.15, 0.2) is 200 Å². The molecule has 0 aliphatic rings. The Labute approximate surface area is 336 Å². The second-order valence-corrected chi connectivity index (χ2v) is 14.1. The monoisotopic (exact) mass is 739 g/mol. The summed E-state index contributed by atoms with van der Waals surface area (Å²) in [6, 6.07) is 70.3. The molecule has 270 valence electrons. The third kappa shape index (κ3) is 6.45. The maximum Gasteiger partial charge on any atom is 0.160 e. The molecule has 2 heterocycles. The minimum atomic E-state index is 0.606. The fraction of sp³-hybridized carbons (Fsp3) is 0. The Hall–Kier alpha value is -8.07. The van der Waals surface area contributed by atoms with E-state index in [1.165, 1.54) is 0 Å². The average molecular weight is 740 g/mol. The molecule has 0 aliphatic carbocycles. The van der Waals surface area contributed by atoms with Gasteiger partial charge in [0.1, 0.15) is 0 Å². The molecule has 0 aliphatic heterocycles. The quantitative estimate of drug-likeness (QED) is 0.163. The highest BCUT2D eigenvalue weighted by atomic mass is 14.9. The first-order chi connectivity index (χ1) is 28.7. The van der Waals surface area contributed by atoms with Crippen LogP contribution >= 0.6 is 0 Å². The van der Waals surface area contributed by atoms with Crippen LogP contribution in [-0.2, 0) is 0 Å². The van der Waals surface area contributed by atoms with Crippen LogP contribution in [-0.4, -0.2) is 19.9 Å². The highest BCUT2D eigenvalue weighted by Gasteiger charge is 2.17. The zero-order valence-corrected chi connectivity index (χ0v) is 31.3. The van der Waals surface area contributed by atoms with Crippen molar-refractivity contribution in [1.29, 1.82) is 5.26 Å². The van der Waals surface area contributed by atoms with Gasteiger partial charge in [0.15, 0.2) is 11.6 Å². The van der Waals surface area contributed by atoms with Gasteiger partial charge in [0, 0.05) is 33.0 Å². The van der Waals surface area contributed by atoms with E-state index in [1.807, 2.05) is 91.0 Å². The van der Waals surface area contributed by atoms with Gasteiger partial charge in [0.25, 0.3) is 0 Å². The van der Waals surface area contributed by atoms with E-state index < -0.39 is 0 Å². The smallest absolute Gasteiger partial charge is 0.160 e. The van der Waals surface area contributed by atoms with Crippen molar-refractivity contribution in [2.75, 3.05) is 0 Å². The lowest BCUT2D eigenvalue weighted by atomic mass is 9.87. The molecule has 0 radical (unpaired) electrons. The molecular formula is C53H33N5. The maximum absolute atomic E-state index is 9.90. The van der Waals surface area contributed by atoms with Crippen molar-refractivity contribution in [3.8, 4) is 84.7 Å². The van der Waals surface area contributed by atoms with Crippen molar-refractivity contribution < 1.29 is 0 Å². The summed E-state index contributed by atoms with van der Waals surface area (Å²) in [5, 5.41) is 11.9. The summed E-state index contributed by atoms with van der Waals surface area (Å²) in [4.78, 5) is 20.2. The van der Waals surface area contributed by atoms with Gasteiger partial charge in [0.2, 0.25) is 0 Å². The maximum atomic E-state index is 9.90. The third-order valence-corrected chi connectivity index (χ3v) is 10.6. The Morgan fingerprint density at radius 3 is 1.22 bits per heavy atom. The Balaban J connectivity index is 1.06. The number of nitriles is 1. The zero-order chi connectivity index (χ0) is 38.8. The number of hydrogen-bond donors (Lipinski definition) is 0. The summed E-state index contributed by atoms with van der Waals surface area (Å²) >= 11 is 0. The molecule has 5 heteroatoms. The number of fused-ring (bicyclic) bond motifs is 2. The standard InChI is InChI=1S/C53H33N5/c54-34-35-13-11-18-42(33-35)49-43(36-25-29-40(30-26-36)52-55-47-23-9-7-19-45(47)50(57-52)38-14-3-1-4-15-38)21-12-22-44(49)37-27-31-41(32-28-37)53-56-48-24-10-8-20-46(48)51(58-53)39-16-5-2-6-17-39/h1-33H. The molecule has 0 fully saturated rings. The summed E-state index contributed by atoms with van der Waals surface area (Å²) in [7, 11) is 0. The zero-order valence-electron chi connectivity index (χ0n) is 31.3. The van der Waals surface area contributed by atoms with Gasteiger partial charge in [-0.2, -0.15) is 5.26 Å². The summed E-state index contributed by atoms with van der Waals surface area (Å²) in [5.41, 5.74) is 14.4. The second kappa shape index (κ2) is 14.9. The van der Waals surface area contributed by atoms with Crippen LogP contribution < -0.4 is 0 Å². The van der Waals surface area contributed by atoms with E-state index in [0.29, 0.717) is 17.2 Å². The molecular weight excluding hydrogens is 707 g/mol. The molecule has 5 nitrogen and oxygen atoms in total. The molecule has 0 bridgehead atoms. The van der Waals surface area contributed by atoms with E-state index in [2.05, 4.69) is 115 Å². The summed E-state index contributed by atoms with van der Waals surface area (Å²) in [6.07, 6.45) is 0. The molecule has 0 atom stereocenters. The SMILES string of the molecule is N#Cc1cccc(-c2c(-c3ccc(-c4nc(-c5ccccc5)c5ccccc5n4)cc3)cccc2-c2ccc(-c3nc(-c4ccccc4)c4ccccc4n3)cc2)c1. The van der Waals surface area contributed by atoms with Crippen molar-refractivity contribution in [3.05, 3.63) is 206 Å². The van der Waals surface area contributed by atoms with Crippen LogP contribution in [0.3, 0.4) is 0 Å². The van der Waals surface area contributed by atoms with Crippen LogP contribution in [0.25, 0.3) is 100 Å². The fourth-order valence-corrected chi connectivity index (χ4v) is 7.73.